The summed E-state index contributed by atoms with van der Waals surface area (Å²) in [6.07, 6.45) is 0. The van der Waals surface area contributed by atoms with Crippen LogP contribution in [-0.2, 0) is 0 Å². The molecule has 2 nitrogen and oxygen atoms in total. The van der Waals surface area contributed by atoms with Crippen LogP contribution in [0.25, 0.3) is 98.4 Å². The van der Waals surface area contributed by atoms with Crippen LogP contribution in [-0.4, -0.2) is 0 Å². The third kappa shape index (κ3) is 2.58. The largest absolute Gasteiger partial charge is 0.192 e. The molecule has 0 N–H and O–H groups in total. The van der Waals surface area contributed by atoms with Crippen LogP contribution < -0.4 is 0 Å². The zero-order valence-corrected chi connectivity index (χ0v) is 24.8. The SMILES string of the molecule is Cc1cc2c3c(cc(C)cc3c1)-c1c-2c(C#N)c2ccc3c4c(c(C#N)c5ccc1c2c53)-c1cc(C)cc2cc(C)cc-4c12. The summed E-state index contributed by atoms with van der Waals surface area (Å²) >= 11 is 0. The molecule has 2 heteroatoms. The van der Waals surface area contributed by atoms with Crippen LogP contribution in [0.2, 0.25) is 0 Å². The van der Waals surface area contributed by atoms with Crippen molar-refractivity contribution < 1.29 is 0 Å². The van der Waals surface area contributed by atoms with Gasteiger partial charge in [-0.15, -0.1) is 0 Å². The first kappa shape index (κ1) is 23.8. The predicted molar refractivity (Wildman–Crippen MR) is 182 cm³/mol. The summed E-state index contributed by atoms with van der Waals surface area (Å²) in [6, 6.07) is 32.1. The average Bonchev–Trinajstić information content (AvgIpc) is 3.48. The molecule has 44 heavy (non-hydrogen) atoms. The highest BCUT2D eigenvalue weighted by molar-refractivity contribution is 6.37. The number of benzene rings is 8. The van der Waals surface area contributed by atoms with Crippen molar-refractivity contribution in [1.82, 2.24) is 0 Å². The molecule has 10 rings (SSSR count). The van der Waals surface area contributed by atoms with E-state index in [1.165, 1.54) is 54.9 Å². The van der Waals surface area contributed by atoms with Gasteiger partial charge in [0.15, 0.2) is 0 Å². The second kappa shape index (κ2) is 7.62. The van der Waals surface area contributed by atoms with Gasteiger partial charge in [0.05, 0.1) is 11.1 Å². The Morgan fingerprint density at radius 1 is 0.386 bits per heavy atom. The van der Waals surface area contributed by atoms with Crippen molar-refractivity contribution in [2.45, 2.75) is 27.7 Å². The Bertz CT molecular complexity index is 2610. The minimum Gasteiger partial charge on any atom is -0.192 e. The molecule has 8 aromatic rings. The lowest BCUT2D eigenvalue weighted by Gasteiger charge is -2.20. The minimum absolute atomic E-state index is 0.721. The van der Waals surface area contributed by atoms with E-state index in [1.807, 2.05) is 0 Å². The third-order valence-corrected chi connectivity index (χ3v) is 10.2. The van der Waals surface area contributed by atoms with Crippen molar-refractivity contribution in [2.24, 2.45) is 0 Å². The summed E-state index contributed by atoms with van der Waals surface area (Å²) in [4.78, 5) is 0. The van der Waals surface area contributed by atoms with Crippen molar-refractivity contribution in [2.75, 3.05) is 0 Å². The maximum Gasteiger partial charge on any atom is 0.100 e. The number of nitrogens with zero attached hydrogens (tertiary/aromatic N) is 2. The molecule has 0 heterocycles. The quantitative estimate of drug-likeness (QED) is 0.174. The van der Waals surface area contributed by atoms with Crippen molar-refractivity contribution in [3.8, 4) is 56.6 Å². The first-order valence-electron chi connectivity index (χ1n) is 15.1. The zero-order valence-electron chi connectivity index (χ0n) is 24.8. The second-order valence-electron chi connectivity index (χ2n) is 13.0. The summed E-state index contributed by atoms with van der Waals surface area (Å²) in [5.74, 6) is 0. The Morgan fingerprint density at radius 3 is 1.05 bits per heavy atom. The third-order valence-electron chi connectivity index (χ3n) is 10.2. The van der Waals surface area contributed by atoms with Crippen LogP contribution >= 0.6 is 0 Å². The smallest absolute Gasteiger partial charge is 0.100 e. The first-order chi connectivity index (χ1) is 21.4. The number of nitriles is 2. The Hall–Kier alpha value is -5.70. The normalized spacial score (nSPS) is 12.5. The Kier molecular flexibility index (Phi) is 4.13. The standard InChI is InChI=1S/C42H24N2/c1-19-9-23-11-21(3)15-31-35(23)29(13-19)39-27-7-5-26-34(18-44)42-32-16-22(4)12-24-10-20(2)14-30(36(24)32)40(42)28-8-6-25(37(27)38(26)28)33(17-43)41(31)39/h5-16H,1-4H3. The fourth-order valence-electron chi connectivity index (χ4n) is 8.87. The van der Waals surface area contributed by atoms with Gasteiger partial charge in [0, 0.05) is 21.9 Å². The first-order valence-corrected chi connectivity index (χ1v) is 15.1. The van der Waals surface area contributed by atoms with Crippen molar-refractivity contribution in [3.05, 3.63) is 106 Å². The topological polar surface area (TPSA) is 47.6 Å². The Balaban J connectivity index is 1.47. The Morgan fingerprint density at radius 2 is 0.705 bits per heavy atom. The average molecular weight is 557 g/mol. The molecular weight excluding hydrogens is 532 g/mol. The molecule has 0 radical (unpaired) electrons. The molecule has 0 amide bonds. The van der Waals surface area contributed by atoms with E-state index in [0.717, 1.165) is 76.8 Å². The molecule has 0 bridgehead atoms. The lowest BCUT2D eigenvalue weighted by atomic mass is 9.81. The van der Waals surface area contributed by atoms with Crippen LogP contribution in [0.15, 0.2) is 72.8 Å². The second-order valence-corrected chi connectivity index (χ2v) is 13.0. The van der Waals surface area contributed by atoms with Gasteiger partial charge in [0.2, 0.25) is 0 Å². The van der Waals surface area contributed by atoms with E-state index in [1.54, 1.807) is 0 Å². The van der Waals surface area contributed by atoms with E-state index in [2.05, 4.69) is 113 Å². The number of aryl methyl sites for hydroxylation is 4. The van der Waals surface area contributed by atoms with Crippen molar-refractivity contribution in [1.29, 1.82) is 10.5 Å². The van der Waals surface area contributed by atoms with Gasteiger partial charge in [-0.05, 0) is 126 Å². The molecule has 2 aliphatic carbocycles. The van der Waals surface area contributed by atoms with Gasteiger partial charge < -0.3 is 0 Å². The summed E-state index contributed by atoms with van der Waals surface area (Å²) < 4.78 is 0. The Labute approximate surface area is 254 Å². The van der Waals surface area contributed by atoms with Crippen LogP contribution in [0.5, 0.6) is 0 Å². The molecular formula is C42H24N2. The molecule has 0 fully saturated rings. The summed E-state index contributed by atoms with van der Waals surface area (Å²) in [6.45, 7) is 8.58. The molecule has 0 saturated carbocycles. The molecule has 0 aromatic heterocycles. The lowest BCUT2D eigenvalue weighted by molar-refractivity contribution is 1.48. The summed E-state index contributed by atoms with van der Waals surface area (Å²) in [7, 11) is 0. The van der Waals surface area contributed by atoms with E-state index < -0.39 is 0 Å². The highest BCUT2D eigenvalue weighted by Crippen LogP contribution is 2.58. The van der Waals surface area contributed by atoms with E-state index >= 15 is 0 Å². The van der Waals surface area contributed by atoms with Gasteiger partial charge in [-0.3, -0.25) is 0 Å². The predicted octanol–water partition coefficient (Wildman–Crippen LogP) is 11.2. The van der Waals surface area contributed by atoms with Crippen LogP contribution in [0.4, 0.5) is 0 Å². The van der Waals surface area contributed by atoms with Gasteiger partial charge in [-0.25, -0.2) is 0 Å². The zero-order chi connectivity index (χ0) is 29.8. The summed E-state index contributed by atoms with van der Waals surface area (Å²) in [5, 5.41) is 32.9. The molecule has 0 atom stereocenters. The van der Waals surface area contributed by atoms with Gasteiger partial charge in [-0.1, -0.05) is 72.8 Å². The number of rotatable bonds is 0. The maximum absolute atomic E-state index is 10.8. The molecule has 0 unspecified atom stereocenters. The van der Waals surface area contributed by atoms with Crippen molar-refractivity contribution >= 4 is 53.9 Å². The van der Waals surface area contributed by atoms with Crippen LogP contribution in [0.1, 0.15) is 33.4 Å². The van der Waals surface area contributed by atoms with Crippen LogP contribution in [0, 0.1) is 50.4 Å². The van der Waals surface area contributed by atoms with E-state index in [9.17, 15) is 10.5 Å². The lowest BCUT2D eigenvalue weighted by Crippen LogP contribution is -1.96. The molecule has 0 saturated heterocycles. The van der Waals surface area contributed by atoms with E-state index in [-0.39, 0.29) is 0 Å². The van der Waals surface area contributed by atoms with Crippen LogP contribution in [0.3, 0.4) is 0 Å². The van der Waals surface area contributed by atoms with Crippen molar-refractivity contribution in [3.63, 3.8) is 0 Å². The highest BCUT2D eigenvalue weighted by Gasteiger charge is 2.33. The van der Waals surface area contributed by atoms with Gasteiger partial charge in [-0.2, -0.15) is 10.5 Å². The molecule has 2 aliphatic rings. The number of hydrogen-bond donors (Lipinski definition) is 0. The molecule has 0 aliphatic heterocycles. The van der Waals surface area contributed by atoms with Gasteiger partial charge in [0.1, 0.15) is 12.1 Å². The number of fused-ring (bicyclic) bond motifs is 8. The molecule has 202 valence electrons. The van der Waals surface area contributed by atoms with E-state index in [4.69, 9.17) is 0 Å². The minimum atomic E-state index is 0.721. The summed E-state index contributed by atoms with van der Waals surface area (Å²) in [5.41, 5.74) is 15.3. The van der Waals surface area contributed by atoms with E-state index in [0.29, 0.717) is 0 Å². The maximum atomic E-state index is 10.8. The van der Waals surface area contributed by atoms with Gasteiger partial charge >= 0.3 is 0 Å². The van der Waals surface area contributed by atoms with Gasteiger partial charge in [0.25, 0.3) is 0 Å². The highest BCUT2D eigenvalue weighted by atomic mass is 14.4. The number of hydrogen-bond acceptors (Lipinski definition) is 2. The molecule has 0 spiro atoms. The molecule has 8 aromatic carbocycles. The fourth-order valence-corrected chi connectivity index (χ4v) is 8.87. The fraction of sp³-hybridized carbons (Fsp3) is 0.0952. The monoisotopic (exact) mass is 556 g/mol.